The smallest absolute Gasteiger partial charge is 0.0628 e. The first kappa shape index (κ1) is 12.9. The lowest BCUT2D eigenvalue weighted by Gasteiger charge is -2.37. The van der Waals surface area contributed by atoms with Crippen molar-refractivity contribution in [3.05, 3.63) is 0 Å². The van der Waals surface area contributed by atoms with Crippen LogP contribution in [0.5, 0.6) is 0 Å². The van der Waals surface area contributed by atoms with Gasteiger partial charge in [-0.2, -0.15) is 5.26 Å². The zero-order valence-corrected chi connectivity index (χ0v) is 11.3. The van der Waals surface area contributed by atoms with E-state index >= 15 is 0 Å². The summed E-state index contributed by atoms with van der Waals surface area (Å²) in [4.78, 5) is 5.06. The summed E-state index contributed by atoms with van der Waals surface area (Å²) in [6, 6.07) is 3.10. The van der Waals surface area contributed by atoms with Crippen LogP contribution in [0, 0.1) is 16.7 Å². The zero-order valence-electron chi connectivity index (χ0n) is 11.3. The quantitative estimate of drug-likeness (QED) is 0.731. The van der Waals surface area contributed by atoms with E-state index in [2.05, 4.69) is 29.8 Å². The summed E-state index contributed by atoms with van der Waals surface area (Å²) in [6.07, 6.45) is 5.88. The van der Waals surface area contributed by atoms with Crippen molar-refractivity contribution in [3.63, 3.8) is 0 Å². The van der Waals surface area contributed by atoms with Gasteiger partial charge in [-0.15, -0.1) is 0 Å². The molecule has 0 bridgehead atoms. The molecule has 2 rings (SSSR count). The Morgan fingerprint density at radius 2 is 2.00 bits per heavy atom. The van der Waals surface area contributed by atoms with Crippen molar-refractivity contribution in [2.45, 2.75) is 45.1 Å². The highest BCUT2D eigenvalue weighted by molar-refractivity contribution is 5.01. The normalized spacial score (nSPS) is 24.8. The minimum atomic E-state index is 0.366. The van der Waals surface area contributed by atoms with Crippen molar-refractivity contribution in [2.24, 2.45) is 5.41 Å². The predicted octanol–water partition coefficient (Wildman–Crippen LogP) is 2.10. The molecule has 1 saturated heterocycles. The largest absolute Gasteiger partial charge is 0.303 e. The van der Waals surface area contributed by atoms with E-state index in [9.17, 15) is 0 Å². The molecule has 0 aromatic rings. The minimum Gasteiger partial charge on any atom is -0.303 e. The van der Waals surface area contributed by atoms with E-state index in [-0.39, 0.29) is 0 Å². The van der Waals surface area contributed by atoms with Crippen LogP contribution in [-0.2, 0) is 0 Å². The van der Waals surface area contributed by atoms with E-state index in [0.717, 1.165) is 19.0 Å². The lowest BCUT2D eigenvalue weighted by Crippen LogP contribution is -2.44. The van der Waals surface area contributed by atoms with Crippen LogP contribution in [-0.4, -0.2) is 49.1 Å². The Morgan fingerprint density at radius 1 is 1.35 bits per heavy atom. The fourth-order valence-electron chi connectivity index (χ4n) is 3.07. The van der Waals surface area contributed by atoms with Crippen LogP contribution in [0.1, 0.15) is 39.0 Å². The van der Waals surface area contributed by atoms with Crippen LogP contribution in [0.4, 0.5) is 0 Å². The van der Waals surface area contributed by atoms with Crippen molar-refractivity contribution in [1.29, 1.82) is 5.26 Å². The van der Waals surface area contributed by atoms with Gasteiger partial charge in [-0.3, -0.25) is 0 Å². The molecule has 0 atom stereocenters. The number of hydrogen-bond donors (Lipinski definition) is 0. The van der Waals surface area contributed by atoms with Gasteiger partial charge in [0, 0.05) is 19.0 Å². The Hall–Kier alpha value is -0.590. The molecule has 1 heterocycles. The summed E-state index contributed by atoms with van der Waals surface area (Å²) in [5, 5.41) is 8.86. The molecule has 1 aliphatic heterocycles. The molecule has 0 aromatic heterocycles. The highest BCUT2D eigenvalue weighted by Crippen LogP contribution is 2.49. The van der Waals surface area contributed by atoms with E-state index in [4.69, 9.17) is 5.26 Å². The third-order valence-corrected chi connectivity index (χ3v) is 4.62. The van der Waals surface area contributed by atoms with Crippen LogP contribution in [0.3, 0.4) is 0 Å². The number of nitrogens with zero attached hydrogens (tertiary/aromatic N) is 3. The lowest BCUT2D eigenvalue weighted by molar-refractivity contribution is 0.115. The molecule has 17 heavy (non-hydrogen) atoms. The van der Waals surface area contributed by atoms with Crippen molar-refractivity contribution in [1.82, 2.24) is 9.80 Å². The van der Waals surface area contributed by atoms with Crippen LogP contribution in [0.2, 0.25) is 0 Å². The number of rotatable bonds is 5. The monoisotopic (exact) mass is 235 g/mol. The second-order valence-corrected chi connectivity index (χ2v) is 5.92. The SMILES string of the molecule is CCN1CCC(N(C)CC2(CC#N)CC2)CC1. The molecule has 0 N–H and O–H groups in total. The summed E-state index contributed by atoms with van der Waals surface area (Å²) in [7, 11) is 2.25. The first-order valence-corrected chi connectivity index (χ1v) is 6.99. The maximum absolute atomic E-state index is 8.86. The molecule has 2 aliphatic rings. The van der Waals surface area contributed by atoms with Gasteiger partial charge in [0.05, 0.1) is 6.07 Å². The van der Waals surface area contributed by atoms with Gasteiger partial charge < -0.3 is 9.80 Å². The molecule has 1 aliphatic carbocycles. The molecule has 2 fully saturated rings. The average molecular weight is 235 g/mol. The minimum absolute atomic E-state index is 0.366. The van der Waals surface area contributed by atoms with Crippen molar-refractivity contribution >= 4 is 0 Å². The Morgan fingerprint density at radius 3 is 2.47 bits per heavy atom. The van der Waals surface area contributed by atoms with Crippen molar-refractivity contribution in [3.8, 4) is 6.07 Å². The summed E-state index contributed by atoms with van der Waals surface area (Å²) >= 11 is 0. The molecule has 0 radical (unpaired) electrons. The van der Waals surface area contributed by atoms with Gasteiger partial charge in [0.25, 0.3) is 0 Å². The molecule has 1 saturated carbocycles. The standard InChI is InChI=1S/C14H25N3/c1-3-17-10-4-13(5-11-17)16(2)12-14(6-7-14)8-9-15/h13H,3-8,10-12H2,1-2H3. The fourth-order valence-corrected chi connectivity index (χ4v) is 3.07. The van der Waals surface area contributed by atoms with Gasteiger partial charge in [-0.1, -0.05) is 6.92 Å². The molecule has 0 aromatic carbocycles. The van der Waals surface area contributed by atoms with Gasteiger partial charge in [-0.05, 0) is 57.8 Å². The maximum atomic E-state index is 8.86. The first-order valence-electron chi connectivity index (χ1n) is 6.99. The van der Waals surface area contributed by atoms with Crippen LogP contribution in [0.15, 0.2) is 0 Å². The molecule has 3 nitrogen and oxygen atoms in total. The fraction of sp³-hybridized carbons (Fsp3) is 0.929. The molecule has 0 unspecified atom stereocenters. The van der Waals surface area contributed by atoms with Gasteiger partial charge in [0.1, 0.15) is 0 Å². The molecule has 0 spiro atoms. The van der Waals surface area contributed by atoms with Crippen molar-refractivity contribution < 1.29 is 0 Å². The third-order valence-electron chi connectivity index (χ3n) is 4.62. The highest BCUT2D eigenvalue weighted by Gasteiger charge is 2.44. The van der Waals surface area contributed by atoms with Gasteiger partial charge >= 0.3 is 0 Å². The van der Waals surface area contributed by atoms with E-state index in [1.165, 1.54) is 45.3 Å². The molecule has 0 amide bonds. The number of piperidine rings is 1. The summed E-state index contributed by atoms with van der Waals surface area (Å²) in [5.74, 6) is 0. The number of likely N-dealkylation sites (tertiary alicyclic amines) is 1. The zero-order chi connectivity index (χ0) is 12.3. The average Bonchev–Trinajstić information content (AvgIpc) is 3.09. The predicted molar refractivity (Wildman–Crippen MR) is 69.7 cm³/mol. The number of nitriles is 1. The van der Waals surface area contributed by atoms with E-state index < -0.39 is 0 Å². The molecular weight excluding hydrogens is 210 g/mol. The molecule has 3 heteroatoms. The van der Waals surface area contributed by atoms with Gasteiger partial charge in [0.15, 0.2) is 0 Å². The van der Waals surface area contributed by atoms with Crippen LogP contribution in [0.25, 0.3) is 0 Å². The van der Waals surface area contributed by atoms with Gasteiger partial charge in [-0.25, -0.2) is 0 Å². The Balaban J connectivity index is 1.77. The van der Waals surface area contributed by atoms with E-state index in [1.54, 1.807) is 0 Å². The lowest BCUT2D eigenvalue weighted by atomic mass is 9.98. The van der Waals surface area contributed by atoms with Gasteiger partial charge in [0.2, 0.25) is 0 Å². The second kappa shape index (κ2) is 5.37. The topological polar surface area (TPSA) is 30.3 Å². The number of hydrogen-bond acceptors (Lipinski definition) is 3. The van der Waals surface area contributed by atoms with Crippen LogP contribution >= 0.6 is 0 Å². The summed E-state index contributed by atoms with van der Waals surface area (Å²) < 4.78 is 0. The Labute approximate surface area is 105 Å². The molecule has 96 valence electrons. The maximum Gasteiger partial charge on any atom is 0.0628 e. The van der Waals surface area contributed by atoms with E-state index in [1.807, 2.05) is 0 Å². The first-order chi connectivity index (χ1) is 8.19. The Bertz CT molecular complexity index is 282. The van der Waals surface area contributed by atoms with E-state index in [0.29, 0.717) is 5.41 Å². The van der Waals surface area contributed by atoms with Crippen molar-refractivity contribution in [2.75, 3.05) is 33.2 Å². The van der Waals surface area contributed by atoms with Crippen LogP contribution < -0.4 is 0 Å². The summed E-state index contributed by atoms with van der Waals surface area (Å²) in [5.41, 5.74) is 0.366. The summed E-state index contributed by atoms with van der Waals surface area (Å²) in [6.45, 7) is 7.07. The second-order valence-electron chi connectivity index (χ2n) is 5.92. The highest BCUT2D eigenvalue weighted by atomic mass is 15.2. The Kier molecular flexibility index (Phi) is 4.06. The third kappa shape index (κ3) is 3.20. The molecular formula is C14H25N3.